The molecule has 13 heavy (non-hydrogen) atoms. The normalized spacial score (nSPS) is 13.5. The van der Waals surface area contributed by atoms with Crippen LogP contribution < -0.4 is 0 Å². The number of methoxy groups -OCH3 is 1. The average molecular weight is 186 g/mol. The summed E-state index contributed by atoms with van der Waals surface area (Å²) < 4.78 is 5.31. The molecule has 0 heterocycles. The first-order valence-electron chi connectivity index (χ1n) is 4.83. The van der Waals surface area contributed by atoms with Gasteiger partial charge in [-0.2, -0.15) is 0 Å². The van der Waals surface area contributed by atoms with E-state index in [2.05, 4.69) is 20.8 Å². The van der Waals surface area contributed by atoms with Gasteiger partial charge < -0.3 is 9.84 Å². The number of allylic oxidation sites excluding steroid dienone is 1. The molecule has 0 unspecified atom stereocenters. The summed E-state index contributed by atoms with van der Waals surface area (Å²) in [5, 5.41) is 8.64. The Balaban J connectivity index is 3.62. The quantitative estimate of drug-likeness (QED) is 0.646. The molecule has 0 saturated carbocycles. The molecule has 0 aromatic carbocycles. The van der Waals surface area contributed by atoms with Crippen molar-refractivity contribution in [3.05, 3.63) is 11.6 Å². The second-order valence-electron chi connectivity index (χ2n) is 4.05. The highest BCUT2D eigenvalue weighted by molar-refractivity contribution is 4.97. The average Bonchev–Trinajstić information content (AvgIpc) is 2.05. The standard InChI is InChI=1S/C11H22O2/c1-10(7-9-12)6-5-8-11(2,3)13-4/h7,12H,5-6,8-9H2,1-4H3/b10-7+. The second-order valence-corrected chi connectivity index (χ2v) is 4.05. The SMILES string of the molecule is COC(C)(C)CCC/C(C)=C/CO. The molecule has 2 nitrogen and oxygen atoms in total. The third-order valence-electron chi connectivity index (χ3n) is 2.34. The lowest BCUT2D eigenvalue weighted by molar-refractivity contribution is 0.0140. The maximum Gasteiger partial charge on any atom is 0.0622 e. The van der Waals surface area contributed by atoms with E-state index in [1.165, 1.54) is 5.57 Å². The zero-order valence-corrected chi connectivity index (χ0v) is 9.26. The van der Waals surface area contributed by atoms with Crippen LogP contribution >= 0.6 is 0 Å². The molecule has 0 atom stereocenters. The van der Waals surface area contributed by atoms with Crippen LogP contribution in [0.15, 0.2) is 11.6 Å². The smallest absolute Gasteiger partial charge is 0.0622 e. The highest BCUT2D eigenvalue weighted by atomic mass is 16.5. The van der Waals surface area contributed by atoms with Gasteiger partial charge in [0, 0.05) is 7.11 Å². The van der Waals surface area contributed by atoms with E-state index in [1.807, 2.05) is 6.08 Å². The Morgan fingerprint density at radius 2 is 2.08 bits per heavy atom. The van der Waals surface area contributed by atoms with Crippen LogP contribution in [0.1, 0.15) is 40.0 Å². The summed E-state index contributed by atoms with van der Waals surface area (Å²) in [6.07, 6.45) is 5.08. The lowest BCUT2D eigenvalue weighted by Gasteiger charge is -2.22. The van der Waals surface area contributed by atoms with Crippen molar-refractivity contribution in [1.82, 2.24) is 0 Å². The van der Waals surface area contributed by atoms with Gasteiger partial charge in [-0.3, -0.25) is 0 Å². The van der Waals surface area contributed by atoms with Crippen LogP contribution in [0.25, 0.3) is 0 Å². The van der Waals surface area contributed by atoms with Crippen LogP contribution in [0, 0.1) is 0 Å². The van der Waals surface area contributed by atoms with E-state index in [1.54, 1.807) is 7.11 Å². The summed E-state index contributed by atoms with van der Waals surface area (Å²) >= 11 is 0. The molecule has 0 bridgehead atoms. The molecule has 0 spiro atoms. The van der Waals surface area contributed by atoms with Crippen LogP contribution in [0.2, 0.25) is 0 Å². The van der Waals surface area contributed by atoms with Crippen LogP contribution in [0.3, 0.4) is 0 Å². The van der Waals surface area contributed by atoms with Gasteiger partial charge in [-0.1, -0.05) is 11.6 Å². The number of rotatable bonds is 6. The van der Waals surface area contributed by atoms with E-state index >= 15 is 0 Å². The molecule has 0 aromatic rings. The van der Waals surface area contributed by atoms with Gasteiger partial charge >= 0.3 is 0 Å². The molecule has 0 saturated heterocycles. The van der Waals surface area contributed by atoms with Crippen molar-refractivity contribution in [1.29, 1.82) is 0 Å². The molecule has 0 amide bonds. The van der Waals surface area contributed by atoms with E-state index in [-0.39, 0.29) is 12.2 Å². The van der Waals surface area contributed by atoms with E-state index in [0.29, 0.717) is 0 Å². The van der Waals surface area contributed by atoms with Crippen molar-refractivity contribution in [3.63, 3.8) is 0 Å². The molecule has 1 N–H and O–H groups in total. The summed E-state index contributed by atoms with van der Waals surface area (Å²) in [4.78, 5) is 0. The Hall–Kier alpha value is -0.340. The van der Waals surface area contributed by atoms with Gasteiger partial charge in [0.15, 0.2) is 0 Å². The Morgan fingerprint density at radius 1 is 1.46 bits per heavy atom. The van der Waals surface area contributed by atoms with Crippen molar-refractivity contribution in [2.24, 2.45) is 0 Å². The van der Waals surface area contributed by atoms with Crippen LogP contribution in [-0.2, 0) is 4.74 Å². The summed E-state index contributed by atoms with van der Waals surface area (Å²) in [7, 11) is 1.75. The van der Waals surface area contributed by atoms with Crippen molar-refractivity contribution >= 4 is 0 Å². The summed E-state index contributed by atoms with van der Waals surface area (Å²) in [6, 6.07) is 0. The van der Waals surface area contributed by atoms with Gasteiger partial charge in [0.05, 0.1) is 12.2 Å². The third kappa shape index (κ3) is 6.79. The first-order valence-corrected chi connectivity index (χ1v) is 4.83. The molecule has 0 aromatic heterocycles. The van der Waals surface area contributed by atoms with Gasteiger partial charge in [-0.05, 0) is 40.0 Å². The Bertz CT molecular complexity index is 159. The summed E-state index contributed by atoms with van der Waals surface area (Å²) in [5.41, 5.74) is 1.24. The minimum atomic E-state index is -0.0144. The first-order chi connectivity index (χ1) is 6.02. The van der Waals surface area contributed by atoms with Crippen molar-refractivity contribution in [3.8, 4) is 0 Å². The zero-order chi connectivity index (χ0) is 10.3. The molecular formula is C11H22O2. The minimum Gasteiger partial charge on any atom is -0.392 e. The van der Waals surface area contributed by atoms with Crippen LogP contribution in [0.4, 0.5) is 0 Å². The van der Waals surface area contributed by atoms with Gasteiger partial charge in [0.25, 0.3) is 0 Å². The van der Waals surface area contributed by atoms with Gasteiger partial charge in [0.2, 0.25) is 0 Å². The maximum atomic E-state index is 8.64. The van der Waals surface area contributed by atoms with Gasteiger partial charge in [-0.25, -0.2) is 0 Å². The Kier molecular flexibility index (Phi) is 6.00. The number of aliphatic hydroxyl groups excluding tert-OH is 1. The van der Waals surface area contributed by atoms with E-state index in [0.717, 1.165) is 19.3 Å². The largest absolute Gasteiger partial charge is 0.392 e. The second kappa shape index (κ2) is 6.17. The van der Waals surface area contributed by atoms with Crippen molar-refractivity contribution in [2.75, 3.05) is 13.7 Å². The first kappa shape index (κ1) is 12.7. The Morgan fingerprint density at radius 3 is 2.54 bits per heavy atom. The van der Waals surface area contributed by atoms with E-state index in [4.69, 9.17) is 9.84 Å². The van der Waals surface area contributed by atoms with E-state index in [9.17, 15) is 0 Å². The monoisotopic (exact) mass is 186 g/mol. The molecule has 0 rings (SSSR count). The fraction of sp³-hybridized carbons (Fsp3) is 0.818. The molecule has 0 fully saturated rings. The summed E-state index contributed by atoms with van der Waals surface area (Å²) in [5.74, 6) is 0. The zero-order valence-electron chi connectivity index (χ0n) is 9.26. The lowest BCUT2D eigenvalue weighted by Crippen LogP contribution is -2.21. The minimum absolute atomic E-state index is 0.0144. The predicted octanol–water partition coefficient (Wildman–Crippen LogP) is 2.52. The highest BCUT2D eigenvalue weighted by Gasteiger charge is 2.14. The van der Waals surface area contributed by atoms with Crippen molar-refractivity contribution in [2.45, 2.75) is 45.6 Å². The molecule has 78 valence electrons. The lowest BCUT2D eigenvalue weighted by atomic mass is 9.99. The molecule has 0 aliphatic heterocycles. The highest BCUT2D eigenvalue weighted by Crippen LogP contribution is 2.18. The number of aliphatic hydroxyl groups is 1. The maximum absolute atomic E-state index is 8.64. The number of hydrogen-bond acceptors (Lipinski definition) is 2. The number of ether oxygens (including phenoxy) is 1. The molecule has 0 aliphatic rings. The van der Waals surface area contributed by atoms with Crippen molar-refractivity contribution < 1.29 is 9.84 Å². The molecule has 2 heteroatoms. The van der Waals surface area contributed by atoms with Gasteiger partial charge in [0.1, 0.15) is 0 Å². The van der Waals surface area contributed by atoms with Gasteiger partial charge in [-0.15, -0.1) is 0 Å². The topological polar surface area (TPSA) is 29.5 Å². The molecule has 0 aliphatic carbocycles. The Labute approximate surface area is 81.6 Å². The van der Waals surface area contributed by atoms with Crippen LogP contribution in [0.5, 0.6) is 0 Å². The van der Waals surface area contributed by atoms with E-state index < -0.39 is 0 Å². The fourth-order valence-corrected chi connectivity index (χ4v) is 1.15. The predicted molar refractivity (Wildman–Crippen MR) is 55.8 cm³/mol. The number of hydrogen-bond donors (Lipinski definition) is 1. The third-order valence-corrected chi connectivity index (χ3v) is 2.34. The molecular weight excluding hydrogens is 164 g/mol. The molecule has 0 radical (unpaired) electrons. The van der Waals surface area contributed by atoms with Crippen LogP contribution in [-0.4, -0.2) is 24.4 Å². The summed E-state index contributed by atoms with van der Waals surface area (Å²) in [6.45, 7) is 6.39. The fourth-order valence-electron chi connectivity index (χ4n) is 1.15.